The van der Waals surface area contributed by atoms with Crippen molar-refractivity contribution in [3.8, 4) is 10.7 Å². The maximum absolute atomic E-state index is 6.09. The highest BCUT2D eigenvalue weighted by atomic mass is 35.5. The average Bonchev–Trinajstić information content (AvgIpc) is 2.90. The van der Waals surface area contributed by atoms with Crippen molar-refractivity contribution in [2.24, 2.45) is 0 Å². The number of aryl methyl sites for hydroxylation is 1. The predicted octanol–water partition coefficient (Wildman–Crippen LogP) is 4.54. The lowest BCUT2D eigenvalue weighted by Gasteiger charge is -2.09. The van der Waals surface area contributed by atoms with E-state index < -0.39 is 0 Å². The van der Waals surface area contributed by atoms with Crippen molar-refractivity contribution in [3.63, 3.8) is 0 Å². The van der Waals surface area contributed by atoms with Gasteiger partial charge in [-0.2, -0.15) is 0 Å². The van der Waals surface area contributed by atoms with Crippen LogP contribution in [0.3, 0.4) is 0 Å². The smallest absolute Gasteiger partial charge is 0.173 e. The van der Waals surface area contributed by atoms with Crippen molar-refractivity contribution < 1.29 is 0 Å². The number of rotatable bonds is 4. The molecule has 1 N–H and O–H groups in total. The van der Waals surface area contributed by atoms with Gasteiger partial charge in [0, 0.05) is 23.2 Å². The first-order chi connectivity index (χ1) is 10.2. The summed E-state index contributed by atoms with van der Waals surface area (Å²) < 4.78 is 0. The Kier molecular flexibility index (Phi) is 4.03. The fourth-order valence-corrected chi connectivity index (χ4v) is 2.93. The Morgan fingerprint density at radius 1 is 1.29 bits per heavy atom. The summed E-state index contributed by atoms with van der Waals surface area (Å²) >= 11 is 7.68. The van der Waals surface area contributed by atoms with E-state index >= 15 is 0 Å². The van der Waals surface area contributed by atoms with E-state index in [9.17, 15) is 0 Å². The molecule has 0 amide bonds. The van der Waals surface area contributed by atoms with Gasteiger partial charge in [0.1, 0.15) is 5.82 Å². The molecular formula is C15H15ClN4S. The van der Waals surface area contributed by atoms with Crippen LogP contribution in [0.2, 0.25) is 5.02 Å². The zero-order valence-electron chi connectivity index (χ0n) is 11.9. The van der Waals surface area contributed by atoms with E-state index in [1.807, 2.05) is 31.3 Å². The van der Waals surface area contributed by atoms with Crippen LogP contribution >= 0.6 is 22.9 Å². The van der Waals surface area contributed by atoms with Crippen LogP contribution in [0.15, 0.2) is 24.4 Å². The molecule has 0 radical (unpaired) electrons. The van der Waals surface area contributed by atoms with E-state index in [0.29, 0.717) is 10.8 Å². The minimum Gasteiger partial charge on any atom is -0.369 e. The highest BCUT2D eigenvalue weighted by Crippen LogP contribution is 2.29. The van der Waals surface area contributed by atoms with E-state index in [4.69, 9.17) is 11.6 Å². The molecule has 0 saturated heterocycles. The molecule has 21 heavy (non-hydrogen) atoms. The standard InChI is InChI=1S/C15H15ClN4S/c1-3-6-17-14-11-5-4-10(16)7-12(11)19-15(20-14)13-8-18-9(2)21-13/h4-5,7-8H,3,6H2,1-2H3,(H,17,19,20). The summed E-state index contributed by atoms with van der Waals surface area (Å²) in [5.74, 6) is 1.54. The summed E-state index contributed by atoms with van der Waals surface area (Å²) in [6.45, 7) is 4.97. The maximum Gasteiger partial charge on any atom is 0.173 e. The van der Waals surface area contributed by atoms with Crippen LogP contribution in [-0.2, 0) is 0 Å². The second-order valence-electron chi connectivity index (χ2n) is 4.73. The predicted molar refractivity (Wildman–Crippen MR) is 89.2 cm³/mol. The molecule has 0 unspecified atom stereocenters. The Balaban J connectivity index is 2.17. The third-order valence-electron chi connectivity index (χ3n) is 3.04. The topological polar surface area (TPSA) is 50.7 Å². The first-order valence-corrected chi connectivity index (χ1v) is 8.01. The Hall–Kier alpha value is -1.72. The summed E-state index contributed by atoms with van der Waals surface area (Å²) in [7, 11) is 0. The summed E-state index contributed by atoms with van der Waals surface area (Å²) in [5.41, 5.74) is 0.845. The van der Waals surface area contributed by atoms with Gasteiger partial charge in [0.2, 0.25) is 0 Å². The minimum atomic E-state index is 0.675. The molecule has 3 rings (SSSR count). The lowest BCUT2D eigenvalue weighted by molar-refractivity contribution is 0.970. The van der Waals surface area contributed by atoms with Gasteiger partial charge in [-0.15, -0.1) is 11.3 Å². The first kappa shape index (κ1) is 14.2. The van der Waals surface area contributed by atoms with Crippen LogP contribution in [0, 0.1) is 6.92 Å². The number of aromatic nitrogens is 3. The fraction of sp³-hybridized carbons (Fsp3) is 0.267. The van der Waals surface area contributed by atoms with Gasteiger partial charge in [-0.3, -0.25) is 0 Å². The minimum absolute atomic E-state index is 0.675. The molecule has 0 aliphatic carbocycles. The highest BCUT2D eigenvalue weighted by Gasteiger charge is 2.11. The summed E-state index contributed by atoms with van der Waals surface area (Å²) in [6, 6.07) is 5.69. The molecule has 3 aromatic rings. The van der Waals surface area contributed by atoms with Crippen molar-refractivity contribution in [2.75, 3.05) is 11.9 Å². The molecule has 0 bridgehead atoms. The normalized spacial score (nSPS) is 11.0. The third kappa shape index (κ3) is 2.99. The number of hydrogen-bond acceptors (Lipinski definition) is 5. The fourth-order valence-electron chi connectivity index (χ4n) is 2.06. The molecular weight excluding hydrogens is 304 g/mol. The largest absolute Gasteiger partial charge is 0.369 e. The maximum atomic E-state index is 6.09. The van der Waals surface area contributed by atoms with Gasteiger partial charge in [-0.1, -0.05) is 18.5 Å². The Bertz CT molecular complexity index is 784. The highest BCUT2D eigenvalue weighted by molar-refractivity contribution is 7.14. The van der Waals surface area contributed by atoms with Crippen LogP contribution in [0.1, 0.15) is 18.4 Å². The van der Waals surface area contributed by atoms with Gasteiger partial charge in [0.15, 0.2) is 5.82 Å². The van der Waals surface area contributed by atoms with Crippen molar-refractivity contribution in [3.05, 3.63) is 34.4 Å². The van der Waals surface area contributed by atoms with E-state index in [2.05, 4.69) is 27.2 Å². The molecule has 0 saturated carbocycles. The van der Waals surface area contributed by atoms with E-state index in [1.54, 1.807) is 11.3 Å². The lowest BCUT2D eigenvalue weighted by atomic mass is 10.2. The SMILES string of the molecule is CCCNc1nc(-c2cnc(C)s2)nc2cc(Cl)ccc12. The first-order valence-electron chi connectivity index (χ1n) is 6.81. The van der Waals surface area contributed by atoms with Gasteiger partial charge >= 0.3 is 0 Å². The van der Waals surface area contributed by atoms with E-state index in [1.165, 1.54) is 0 Å². The zero-order valence-corrected chi connectivity index (χ0v) is 13.4. The molecule has 0 aliphatic rings. The molecule has 0 aliphatic heterocycles. The molecule has 0 atom stereocenters. The van der Waals surface area contributed by atoms with Crippen LogP contribution < -0.4 is 5.32 Å². The Labute approximate surface area is 132 Å². The van der Waals surface area contributed by atoms with Gasteiger partial charge < -0.3 is 5.32 Å². The van der Waals surface area contributed by atoms with Crippen molar-refractivity contribution in [2.45, 2.75) is 20.3 Å². The molecule has 108 valence electrons. The number of thiazole rings is 1. The molecule has 0 fully saturated rings. The van der Waals surface area contributed by atoms with Gasteiger partial charge in [0.05, 0.1) is 15.4 Å². The van der Waals surface area contributed by atoms with Crippen LogP contribution in [0.4, 0.5) is 5.82 Å². The number of halogens is 1. The van der Waals surface area contributed by atoms with E-state index in [0.717, 1.165) is 39.6 Å². The quantitative estimate of drug-likeness (QED) is 0.767. The van der Waals surface area contributed by atoms with E-state index in [-0.39, 0.29) is 0 Å². The molecule has 1 aromatic carbocycles. The van der Waals surface area contributed by atoms with Crippen molar-refractivity contribution >= 4 is 39.7 Å². The van der Waals surface area contributed by atoms with Gasteiger partial charge in [-0.05, 0) is 31.5 Å². The number of anilines is 1. The second-order valence-corrected chi connectivity index (χ2v) is 6.40. The average molecular weight is 319 g/mol. The Morgan fingerprint density at radius 3 is 2.86 bits per heavy atom. The summed E-state index contributed by atoms with van der Waals surface area (Å²) in [5, 5.41) is 6.03. The molecule has 2 heterocycles. The molecule has 0 spiro atoms. The monoisotopic (exact) mass is 318 g/mol. The van der Waals surface area contributed by atoms with Crippen LogP contribution in [0.25, 0.3) is 21.6 Å². The molecule has 6 heteroatoms. The third-order valence-corrected chi connectivity index (χ3v) is 4.19. The van der Waals surface area contributed by atoms with Crippen LogP contribution in [0.5, 0.6) is 0 Å². The van der Waals surface area contributed by atoms with Crippen molar-refractivity contribution in [1.29, 1.82) is 0 Å². The van der Waals surface area contributed by atoms with Gasteiger partial charge in [-0.25, -0.2) is 15.0 Å². The Morgan fingerprint density at radius 2 is 2.14 bits per heavy atom. The lowest BCUT2D eigenvalue weighted by Crippen LogP contribution is -2.04. The summed E-state index contributed by atoms with van der Waals surface area (Å²) in [4.78, 5) is 14.5. The number of hydrogen-bond donors (Lipinski definition) is 1. The number of benzene rings is 1. The summed E-state index contributed by atoms with van der Waals surface area (Å²) in [6.07, 6.45) is 2.85. The number of nitrogens with one attached hydrogen (secondary N) is 1. The molecule has 2 aromatic heterocycles. The zero-order chi connectivity index (χ0) is 14.8. The second kappa shape index (κ2) is 5.95. The number of fused-ring (bicyclic) bond motifs is 1. The van der Waals surface area contributed by atoms with Gasteiger partial charge in [0.25, 0.3) is 0 Å². The van der Waals surface area contributed by atoms with Crippen molar-refractivity contribution in [1.82, 2.24) is 15.0 Å². The molecule has 4 nitrogen and oxygen atoms in total. The number of nitrogens with zero attached hydrogens (tertiary/aromatic N) is 3. The van der Waals surface area contributed by atoms with Crippen LogP contribution in [-0.4, -0.2) is 21.5 Å².